The van der Waals surface area contributed by atoms with Crippen molar-refractivity contribution in [2.75, 3.05) is 39.5 Å². The van der Waals surface area contributed by atoms with Crippen molar-refractivity contribution in [3.63, 3.8) is 0 Å². The molecule has 1 heterocycles. The Hall–Kier alpha value is -1.26. The minimum Gasteiger partial charge on any atom is -0.494 e. The van der Waals surface area contributed by atoms with E-state index in [2.05, 4.69) is 4.90 Å². The van der Waals surface area contributed by atoms with Gasteiger partial charge in [-0.25, -0.2) is 0 Å². The van der Waals surface area contributed by atoms with E-state index < -0.39 is 0 Å². The van der Waals surface area contributed by atoms with E-state index in [0.29, 0.717) is 25.7 Å². The van der Waals surface area contributed by atoms with Gasteiger partial charge in [-0.3, -0.25) is 4.90 Å². The first-order chi connectivity index (χ1) is 8.81. The summed E-state index contributed by atoms with van der Waals surface area (Å²) in [6.07, 6.45) is 0. The monoisotopic (exact) mass is 251 g/mol. The number of benzene rings is 1. The maximum Gasteiger partial charge on any atom is 0.119 e. The molecule has 1 aromatic rings. The smallest absolute Gasteiger partial charge is 0.119 e. The van der Waals surface area contributed by atoms with Crippen molar-refractivity contribution >= 4 is 0 Å². The normalized spacial score (nSPS) is 16.3. The van der Waals surface area contributed by atoms with Gasteiger partial charge in [-0.15, -0.1) is 0 Å². The summed E-state index contributed by atoms with van der Waals surface area (Å²) in [7, 11) is 0. The summed E-state index contributed by atoms with van der Waals surface area (Å²) in [6, 6.07) is 7.70. The standard InChI is InChI=1S/C14H21NO3/c1-2-17-13-3-5-14(6-4-13)18-8-7-15-9-12(10-15)11-16/h3-6,12,16H,2,7-11H2,1H3. The molecule has 100 valence electrons. The van der Waals surface area contributed by atoms with Crippen LogP contribution in [0.4, 0.5) is 0 Å². The molecule has 1 aliphatic rings. The van der Waals surface area contributed by atoms with Crippen LogP contribution in [0.3, 0.4) is 0 Å². The van der Waals surface area contributed by atoms with Gasteiger partial charge in [0.1, 0.15) is 18.1 Å². The molecule has 1 aliphatic heterocycles. The Morgan fingerprint density at radius 3 is 2.33 bits per heavy atom. The Morgan fingerprint density at radius 1 is 1.17 bits per heavy atom. The minimum absolute atomic E-state index is 0.302. The SMILES string of the molecule is CCOc1ccc(OCCN2CC(CO)C2)cc1. The van der Waals surface area contributed by atoms with Gasteiger partial charge in [-0.2, -0.15) is 0 Å². The minimum atomic E-state index is 0.302. The highest BCUT2D eigenvalue weighted by molar-refractivity contribution is 5.31. The average Bonchev–Trinajstić information content (AvgIpc) is 2.34. The van der Waals surface area contributed by atoms with Gasteiger partial charge in [0.2, 0.25) is 0 Å². The van der Waals surface area contributed by atoms with E-state index in [1.807, 2.05) is 31.2 Å². The van der Waals surface area contributed by atoms with E-state index in [4.69, 9.17) is 14.6 Å². The van der Waals surface area contributed by atoms with E-state index in [1.54, 1.807) is 0 Å². The number of hydrogen-bond donors (Lipinski definition) is 1. The molecule has 1 saturated heterocycles. The number of hydrogen-bond acceptors (Lipinski definition) is 4. The molecule has 2 rings (SSSR count). The first-order valence-corrected chi connectivity index (χ1v) is 6.50. The zero-order chi connectivity index (χ0) is 12.8. The molecule has 0 amide bonds. The van der Waals surface area contributed by atoms with Crippen LogP contribution in [0.5, 0.6) is 11.5 Å². The van der Waals surface area contributed by atoms with Crippen molar-refractivity contribution in [2.24, 2.45) is 5.92 Å². The van der Waals surface area contributed by atoms with Gasteiger partial charge < -0.3 is 14.6 Å². The maximum atomic E-state index is 8.91. The van der Waals surface area contributed by atoms with Crippen molar-refractivity contribution in [3.05, 3.63) is 24.3 Å². The Kier molecular flexibility index (Phi) is 4.84. The summed E-state index contributed by atoms with van der Waals surface area (Å²) in [5.74, 6) is 2.21. The highest BCUT2D eigenvalue weighted by Gasteiger charge is 2.25. The van der Waals surface area contributed by atoms with Gasteiger partial charge in [-0.1, -0.05) is 0 Å². The molecule has 0 bridgehead atoms. The summed E-state index contributed by atoms with van der Waals surface area (Å²) in [6.45, 7) is 6.54. The summed E-state index contributed by atoms with van der Waals surface area (Å²) < 4.78 is 11.0. The fourth-order valence-electron chi connectivity index (χ4n) is 2.07. The van der Waals surface area contributed by atoms with Gasteiger partial charge in [0.05, 0.1) is 6.61 Å². The lowest BCUT2D eigenvalue weighted by Crippen LogP contribution is -2.49. The second kappa shape index (κ2) is 6.61. The van der Waals surface area contributed by atoms with Crippen molar-refractivity contribution in [2.45, 2.75) is 6.92 Å². The second-order valence-corrected chi connectivity index (χ2v) is 4.56. The molecular weight excluding hydrogens is 230 g/mol. The van der Waals surface area contributed by atoms with E-state index in [9.17, 15) is 0 Å². The van der Waals surface area contributed by atoms with Gasteiger partial charge >= 0.3 is 0 Å². The first kappa shape index (κ1) is 13.2. The van der Waals surface area contributed by atoms with Crippen LogP contribution in [0.15, 0.2) is 24.3 Å². The zero-order valence-corrected chi connectivity index (χ0v) is 10.8. The molecule has 1 fully saturated rings. The van der Waals surface area contributed by atoms with Gasteiger partial charge in [0.25, 0.3) is 0 Å². The third kappa shape index (κ3) is 3.62. The summed E-state index contributed by atoms with van der Waals surface area (Å²) in [4.78, 5) is 2.29. The number of aliphatic hydroxyl groups excluding tert-OH is 1. The topological polar surface area (TPSA) is 41.9 Å². The molecule has 18 heavy (non-hydrogen) atoms. The summed E-state index contributed by atoms with van der Waals surface area (Å²) >= 11 is 0. The predicted octanol–water partition coefficient (Wildman–Crippen LogP) is 1.39. The van der Waals surface area contributed by atoms with E-state index in [-0.39, 0.29) is 0 Å². The Balaban J connectivity index is 1.64. The molecule has 0 atom stereocenters. The number of rotatable bonds is 7. The zero-order valence-electron chi connectivity index (χ0n) is 10.8. The molecule has 4 heteroatoms. The number of nitrogens with zero attached hydrogens (tertiary/aromatic N) is 1. The molecule has 0 saturated carbocycles. The summed E-state index contributed by atoms with van der Waals surface area (Å²) in [5.41, 5.74) is 0. The Labute approximate surface area is 108 Å². The van der Waals surface area contributed by atoms with E-state index >= 15 is 0 Å². The average molecular weight is 251 g/mol. The van der Waals surface area contributed by atoms with Gasteiger partial charge in [0.15, 0.2) is 0 Å². The Morgan fingerprint density at radius 2 is 1.78 bits per heavy atom. The molecular formula is C14H21NO3. The van der Waals surface area contributed by atoms with Crippen molar-refractivity contribution < 1.29 is 14.6 Å². The predicted molar refractivity (Wildman–Crippen MR) is 70.1 cm³/mol. The number of aliphatic hydroxyl groups is 1. The van der Waals surface area contributed by atoms with Crippen LogP contribution in [0.2, 0.25) is 0 Å². The fraction of sp³-hybridized carbons (Fsp3) is 0.571. The first-order valence-electron chi connectivity index (χ1n) is 6.50. The molecule has 0 unspecified atom stereocenters. The number of likely N-dealkylation sites (tertiary alicyclic amines) is 1. The van der Waals surface area contributed by atoms with Gasteiger partial charge in [0, 0.05) is 32.2 Å². The largest absolute Gasteiger partial charge is 0.494 e. The fourth-order valence-corrected chi connectivity index (χ4v) is 2.07. The quantitative estimate of drug-likeness (QED) is 0.795. The molecule has 0 radical (unpaired) electrons. The third-order valence-electron chi connectivity index (χ3n) is 3.10. The van der Waals surface area contributed by atoms with Crippen molar-refractivity contribution in [1.82, 2.24) is 4.90 Å². The van der Waals surface area contributed by atoms with Crippen LogP contribution < -0.4 is 9.47 Å². The number of ether oxygens (including phenoxy) is 2. The van der Waals surface area contributed by atoms with Gasteiger partial charge in [-0.05, 0) is 31.2 Å². The second-order valence-electron chi connectivity index (χ2n) is 4.56. The van der Waals surface area contributed by atoms with Crippen LogP contribution in [0.1, 0.15) is 6.92 Å². The molecule has 4 nitrogen and oxygen atoms in total. The highest BCUT2D eigenvalue weighted by Crippen LogP contribution is 2.18. The molecule has 1 N–H and O–H groups in total. The molecule has 1 aromatic carbocycles. The molecule has 0 aliphatic carbocycles. The van der Waals surface area contributed by atoms with Crippen molar-refractivity contribution in [1.29, 1.82) is 0 Å². The highest BCUT2D eigenvalue weighted by atomic mass is 16.5. The summed E-state index contributed by atoms with van der Waals surface area (Å²) in [5, 5.41) is 8.91. The Bertz CT molecular complexity index is 347. The van der Waals surface area contributed by atoms with Crippen LogP contribution in [0.25, 0.3) is 0 Å². The molecule has 0 spiro atoms. The lowest BCUT2D eigenvalue weighted by Gasteiger charge is -2.37. The van der Waals surface area contributed by atoms with Crippen LogP contribution >= 0.6 is 0 Å². The maximum absolute atomic E-state index is 8.91. The van der Waals surface area contributed by atoms with Crippen molar-refractivity contribution in [3.8, 4) is 11.5 Å². The van der Waals surface area contributed by atoms with E-state index in [1.165, 1.54) is 0 Å². The van der Waals surface area contributed by atoms with Crippen LogP contribution in [-0.4, -0.2) is 49.5 Å². The van der Waals surface area contributed by atoms with Crippen LogP contribution in [-0.2, 0) is 0 Å². The van der Waals surface area contributed by atoms with E-state index in [0.717, 1.165) is 31.1 Å². The lowest BCUT2D eigenvalue weighted by atomic mass is 10.0. The lowest BCUT2D eigenvalue weighted by molar-refractivity contribution is 0.0439. The van der Waals surface area contributed by atoms with Crippen LogP contribution in [0, 0.1) is 5.92 Å². The molecule has 0 aromatic heterocycles. The third-order valence-corrected chi connectivity index (χ3v) is 3.10.